The quantitative estimate of drug-likeness (QED) is 0.154. The van der Waals surface area contributed by atoms with Crippen molar-refractivity contribution >= 4 is 35.8 Å². The Balaban J connectivity index is 0.00000480. The Hall–Kier alpha value is -2.07. The topological polar surface area (TPSA) is 87.9 Å². The van der Waals surface area contributed by atoms with Crippen LogP contribution in [0.2, 0.25) is 0 Å². The van der Waals surface area contributed by atoms with Crippen molar-refractivity contribution in [2.45, 2.75) is 46.3 Å². The van der Waals surface area contributed by atoms with Crippen LogP contribution in [0.4, 0.5) is 0 Å². The molecule has 2 aromatic rings. The minimum absolute atomic E-state index is 0. The fraction of sp³-hybridized carbons (Fsp3) is 0.478. The van der Waals surface area contributed by atoms with Gasteiger partial charge in [0, 0.05) is 31.8 Å². The number of guanidine groups is 1. The lowest BCUT2D eigenvalue weighted by molar-refractivity contribution is 0.0953. The Bertz CT molecular complexity index is 749. The monoisotopic (exact) mass is 542 g/mol. The van der Waals surface area contributed by atoms with Crippen molar-refractivity contribution < 1.29 is 13.9 Å². The van der Waals surface area contributed by atoms with Crippen LogP contribution in [0.1, 0.15) is 54.8 Å². The van der Waals surface area contributed by atoms with Gasteiger partial charge in [-0.15, -0.1) is 24.0 Å². The molecule has 8 heteroatoms. The first kappa shape index (κ1) is 27.0. The highest BCUT2D eigenvalue weighted by atomic mass is 127. The number of halogens is 1. The lowest BCUT2D eigenvalue weighted by atomic mass is 10.1. The number of carbonyl (C=O) groups is 1. The molecular formula is C23H35IN4O3. The number of amides is 1. The molecule has 1 amide bonds. The number of nitrogens with zero attached hydrogens (tertiary/aromatic N) is 1. The Morgan fingerprint density at radius 1 is 1.03 bits per heavy atom. The lowest BCUT2D eigenvalue weighted by Gasteiger charge is -2.11. The van der Waals surface area contributed by atoms with Gasteiger partial charge in [0.1, 0.15) is 12.4 Å². The van der Waals surface area contributed by atoms with E-state index < -0.39 is 0 Å². The molecule has 0 fully saturated rings. The van der Waals surface area contributed by atoms with Crippen LogP contribution in [-0.4, -0.2) is 38.1 Å². The normalized spacial score (nSPS) is 11.0. The number of hydrogen-bond donors (Lipinski definition) is 3. The van der Waals surface area contributed by atoms with Crippen molar-refractivity contribution in [1.82, 2.24) is 16.0 Å². The Labute approximate surface area is 202 Å². The summed E-state index contributed by atoms with van der Waals surface area (Å²) in [6, 6.07) is 11.4. The maximum absolute atomic E-state index is 12.1. The van der Waals surface area contributed by atoms with E-state index in [0.717, 1.165) is 49.6 Å². The summed E-state index contributed by atoms with van der Waals surface area (Å²) in [4.78, 5) is 16.7. The molecule has 1 heterocycles. The summed E-state index contributed by atoms with van der Waals surface area (Å²) in [6.07, 6.45) is 4.58. The minimum Gasteiger partial charge on any atom is -0.467 e. The highest BCUT2D eigenvalue weighted by Crippen LogP contribution is 2.06. The first-order valence-electron chi connectivity index (χ1n) is 10.7. The zero-order valence-corrected chi connectivity index (χ0v) is 20.8. The van der Waals surface area contributed by atoms with E-state index in [-0.39, 0.29) is 29.9 Å². The standard InChI is InChI=1S/C23H34N4O3.HI/c1-3-5-13-25-22(28)20-11-9-19(10-12-20)17-27-23(24-4-2)26-14-7-15-29-18-21-8-6-16-30-21;/h6,8-12,16H,3-5,7,13-15,17-18H2,1-2H3,(H,25,28)(H2,24,26,27);1H. The van der Waals surface area contributed by atoms with Gasteiger partial charge < -0.3 is 25.1 Å². The second kappa shape index (κ2) is 16.6. The van der Waals surface area contributed by atoms with Crippen LogP contribution in [0.5, 0.6) is 0 Å². The maximum Gasteiger partial charge on any atom is 0.251 e. The number of hydrogen-bond acceptors (Lipinski definition) is 4. The number of aliphatic imine (C=N–C) groups is 1. The molecular weight excluding hydrogens is 507 g/mol. The third-order valence-electron chi connectivity index (χ3n) is 4.38. The highest BCUT2D eigenvalue weighted by Gasteiger charge is 2.04. The van der Waals surface area contributed by atoms with Gasteiger partial charge in [0.2, 0.25) is 0 Å². The molecule has 0 radical (unpaired) electrons. The molecule has 0 atom stereocenters. The van der Waals surface area contributed by atoms with Gasteiger partial charge in [0.15, 0.2) is 5.96 Å². The van der Waals surface area contributed by atoms with Crippen molar-refractivity contribution in [2.75, 3.05) is 26.2 Å². The molecule has 0 aliphatic rings. The molecule has 3 N–H and O–H groups in total. The van der Waals surface area contributed by atoms with Crippen LogP contribution in [0, 0.1) is 0 Å². The second-order valence-electron chi connectivity index (χ2n) is 6.91. The van der Waals surface area contributed by atoms with Crippen LogP contribution < -0.4 is 16.0 Å². The molecule has 0 bridgehead atoms. The molecule has 0 spiro atoms. The van der Waals surface area contributed by atoms with Gasteiger partial charge in [-0.1, -0.05) is 25.5 Å². The van der Waals surface area contributed by atoms with Gasteiger partial charge in [-0.2, -0.15) is 0 Å². The number of unbranched alkanes of at least 4 members (excludes halogenated alkanes) is 1. The molecule has 0 aliphatic carbocycles. The third-order valence-corrected chi connectivity index (χ3v) is 4.38. The van der Waals surface area contributed by atoms with Crippen LogP contribution in [-0.2, 0) is 17.9 Å². The van der Waals surface area contributed by atoms with Gasteiger partial charge in [-0.25, -0.2) is 4.99 Å². The van der Waals surface area contributed by atoms with Crippen molar-refractivity contribution in [1.29, 1.82) is 0 Å². The van der Waals surface area contributed by atoms with Crippen molar-refractivity contribution in [3.8, 4) is 0 Å². The Kier molecular flexibility index (Phi) is 14.4. The van der Waals surface area contributed by atoms with Gasteiger partial charge in [0.05, 0.1) is 12.8 Å². The summed E-state index contributed by atoms with van der Waals surface area (Å²) in [5.74, 6) is 1.58. The summed E-state index contributed by atoms with van der Waals surface area (Å²) in [6.45, 7) is 8.10. The van der Waals surface area contributed by atoms with E-state index in [0.29, 0.717) is 31.9 Å². The Morgan fingerprint density at radius 3 is 2.48 bits per heavy atom. The van der Waals surface area contributed by atoms with Gasteiger partial charge >= 0.3 is 0 Å². The predicted molar refractivity (Wildman–Crippen MR) is 135 cm³/mol. The zero-order valence-electron chi connectivity index (χ0n) is 18.5. The highest BCUT2D eigenvalue weighted by molar-refractivity contribution is 14.0. The number of carbonyl (C=O) groups excluding carboxylic acids is 1. The number of ether oxygens (including phenoxy) is 1. The molecule has 2 rings (SSSR count). The van der Waals surface area contributed by atoms with E-state index in [2.05, 4.69) is 27.9 Å². The summed E-state index contributed by atoms with van der Waals surface area (Å²) in [5, 5.41) is 9.49. The largest absolute Gasteiger partial charge is 0.467 e. The minimum atomic E-state index is -0.0252. The van der Waals surface area contributed by atoms with Gasteiger partial charge in [0.25, 0.3) is 5.91 Å². The average Bonchev–Trinajstić information content (AvgIpc) is 3.28. The number of nitrogens with one attached hydrogen (secondary N) is 3. The molecule has 0 unspecified atom stereocenters. The first-order chi connectivity index (χ1) is 14.7. The van der Waals surface area contributed by atoms with Gasteiger partial charge in [-0.3, -0.25) is 4.79 Å². The number of furan rings is 1. The summed E-state index contributed by atoms with van der Waals surface area (Å²) >= 11 is 0. The number of rotatable bonds is 13. The van der Waals surface area contributed by atoms with E-state index in [9.17, 15) is 4.79 Å². The first-order valence-corrected chi connectivity index (χ1v) is 10.7. The summed E-state index contributed by atoms with van der Waals surface area (Å²) < 4.78 is 10.8. The molecule has 172 valence electrons. The van der Waals surface area contributed by atoms with E-state index >= 15 is 0 Å². The van der Waals surface area contributed by atoms with Gasteiger partial charge in [-0.05, 0) is 49.6 Å². The van der Waals surface area contributed by atoms with Crippen molar-refractivity contribution in [3.63, 3.8) is 0 Å². The van der Waals surface area contributed by atoms with Crippen LogP contribution >= 0.6 is 24.0 Å². The SMILES string of the molecule is CCCCNC(=O)c1ccc(CN=C(NCC)NCCCOCc2ccco2)cc1.I. The van der Waals surface area contributed by atoms with E-state index in [1.165, 1.54) is 0 Å². The predicted octanol–water partition coefficient (Wildman–Crippen LogP) is 4.09. The van der Waals surface area contributed by atoms with E-state index in [1.54, 1.807) is 6.26 Å². The van der Waals surface area contributed by atoms with Crippen molar-refractivity contribution in [3.05, 3.63) is 59.5 Å². The molecule has 0 saturated carbocycles. The molecule has 0 aliphatic heterocycles. The van der Waals surface area contributed by atoms with Crippen LogP contribution in [0.25, 0.3) is 0 Å². The van der Waals surface area contributed by atoms with Crippen LogP contribution in [0.3, 0.4) is 0 Å². The molecule has 31 heavy (non-hydrogen) atoms. The molecule has 1 aromatic heterocycles. The summed E-state index contributed by atoms with van der Waals surface area (Å²) in [5.41, 5.74) is 1.73. The molecule has 7 nitrogen and oxygen atoms in total. The van der Waals surface area contributed by atoms with E-state index in [4.69, 9.17) is 9.15 Å². The fourth-order valence-electron chi connectivity index (χ4n) is 2.70. The maximum atomic E-state index is 12.1. The summed E-state index contributed by atoms with van der Waals surface area (Å²) in [7, 11) is 0. The second-order valence-corrected chi connectivity index (χ2v) is 6.91. The third kappa shape index (κ3) is 11.2. The molecule has 1 aromatic carbocycles. The smallest absolute Gasteiger partial charge is 0.251 e. The fourth-order valence-corrected chi connectivity index (χ4v) is 2.70. The van der Waals surface area contributed by atoms with Crippen LogP contribution in [0.15, 0.2) is 52.1 Å². The zero-order chi connectivity index (χ0) is 21.4. The van der Waals surface area contributed by atoms with Crippen molar-refractivity contribution in [2.24, 2.45) is 4.99 Å². The average molecular weight is 542 g/mol. The lowest BCUT2D eigenvalue weighted by Crippen LogP contribution is -2.38. The Morgan fingerprint density at radius 2 is 1.81 bits per heavy atom. The number of benzene rings is 1. The van der Waals surface area contributed by atoms with E-state index in [1.807, 2.05) is 43.3 Å². The molecule has 0 saturated heterocycles.